The van der Waals surface area contributed by atoms with Crippen LogP contribution < -0.4 is 9.64 Å². The number of hydrogen-bond donors (Lipinski definition) is 1. The van der Waals surface area contributed by atoms with E-state index in [0.717, 1.165) is 4.90 Å². The highest BCUT2D eigenvalue weighted by Crippen LogP contribution is 2.27. The normalized spacial score (nSPS) is 14.3. The van der Waals surface area contributed by atoms with Gasteiger partial charge in [0, 0.05) is 11.1 Å². The summed E-state index contributed by atoms with van der Waals surface area (Å²) in [5.41, 5.74) is 1.41. The predicted octanol–water partition coefficient (Wildman–Crippen LogP) is 1.39. The molecular weight excluding hydrogens is 342 g/mol. The SMILES string of the molecule is CC1=C(C)C(=O)N(c2ccc(OCCOCCOCC(=O)O)cc2)C1=O. The first-order valence-electron chi connectivity index (χ1n) is 8.08. The molecule has 1 aliphatic rings. The molecule has 0 saturated carbocycles. The van der Waals surface area contributed by atoms with Crippen LogP contribution in [0.25, 0.3) is 0 Å². The van der Waals surface area contributed by atoms with Crippen LogP contribution in [0.3, 0.4) is 0 Å². The number of benzene rings is 1. The quantitative estimate of drug-likeness (QED) is 0.495. The van der Waals surface area contributed by atoms with Gasteiger partial charge in [-0.15, -0.1) is 0 Å². The van der Waals surface area contributed by atoms with Gasteiger partial charge in [-0.25, -0.2) is 9.69 Å². The highest BCUT2D eigenvalue weighted by atomic mass is 16.5. The Kier molecular flexibility index (Phi) is 6.88. The van der Waals surface area contributed by atoms with Crippen molar-refractivity contribution in [1.82, 2.24) is 0 Å². The molecule has 0 spiro atoms. The summed E-state index contributed by atoms with van der Waals surface area (Å²) in [5.74, 6) is -1.05. The van der Waals surface area contributed by atoms with Crippen molar-refractivity contribution >= 4 is 23.5 Å². The third-order valence-corrected chi connectivity index (χ3v) is 3.80. The van der Waals surface area contributed by atoms with Crippen molar-refractivity contribution in [1.29, 1.82) is 0 Å². The van der Waals surface area contributed by atoms with Crippen LogP contribution in [0.2, 0.25) is 0 Å². The zero-order valence-corrected chi connectivity index (χ0v) is 14.7. The third kappa shape index (κ3) is 4.90. The fourth-order valence-electron chi connectivity index (χ4n) is 2.27. The Hall–Kier alpha value is -2.71. The Bertz CT molecular complexity index is 685. The summed E-state index contributed by atoms with van der Waals surface area (Å²) in [4.78, 5) is 35.6. The Morgan fingerprint density at radius 2 is 1.46 bits per heavy atom. The Morgan fingerprint density at radius 3 is 2.04 bits per heavy atom. The number of hydrogen-bond acceptors (Lipinski definition) is 6. The number of carbonyl (C=O) groups excluding carboxylic acids is 2. The molecule has 8 heteroatoms. The van der Waals surface area contributed by atoms with E-state index in [1.807, 2.05) is 0 Å². The second-order valence-corrected chi connectivity index (χ2v) is 5.60. The fourth-order valence-corrected chi connectivity index (χ4v) is 2.27. The van der Waals surface area contributed by atoms with Crippen LogP contribution in [0.15, 0.2) is 35.4 Å². The molecule has 1 N–H and O–H groups in total. The van der Waals surface area contributed by atoms with E-state index in [1.165, 1.54) is 0 Å². The second-order valence-electron chi connectivity index (χ2n) is 5.60. The van der Waals surface area contributed by atoms with Crippen molar-refractivity contribution in [2.24, 2.45) is 0 Å². The number of imide groups is 1. The summed E-state index contributed by atoms with van der Waals surface area (Å²) in [6.45, 7) is 4.04. The minimum atomic E-state index is -1.02. The van der Waals surface area contributed by atoms with Gasteiger partial charge in [0.15, 0.2) is 0 Å². The molecule has 2 rings (SSSR count). The highest BCUT2D eigenvalue weighted by Gasteiger charge is 2.34. The van der Waals surface area contributed by atoms with Crippen LogP contribution in [0.4, 0.5) is 5.69 Å². The fraction of sp³-hybridized carbons (Fsp3) is 0.389. The molecule has 0 unspecified atom stereocenters. The number of ether oxygens (including phenoxy) is 3. The highest BCUT2D eigenvalue weighted by molar-refractivity contribution is 6.32. The number of anilines is 1. The van der Waals surface area contributed by atoms with Gasteiger partial charge in [-0.05, 0) is 38.1 Å². The number of carboxylic acids is 1. The van der Waals surface area contributed by atoms with E-state index in [0.29, 0.717) is 35.8 Å². The van der Waals surface area contributed by atoms with Gasteiger partial charge in [-0.3, -0.25) is 9.59 Å². The average Bonchev–Trinajstić information content (AvgIpc) is 2.81. The van der Waals surface area contributed by atoms with E-state index in [2.05, 4.69) is 0 Å². The van der Waals surface area contributed by atoms with Gasteiger partial charge in [0.2, 0.25) is 0 Å². The molecule has 1 heterocycles. The standard InChI is InChI=1S/C18H21NO7/c1-12-13(2)18(23)19(17(12)22)14-3-5-15(6-4-14)26-10-9-24-7-8-25-11-16(20)21/h3-6H,7-11H2,1-2H3,(H,20,21). The first kappa shape index (κ1) is 19.6. The maximum absolute atomic E-state index is 12.1. The van der Waals surface area contributed by atoms with Crippen molar-refractivity contribution in [3.05, 3.63) is 35.4 Å². The van der Waals surface area contributed by atoms with E-state index < -0.39 is 5.97 Å². The van der Waals surface area contributed by atoms with Crippen LogP contribution in [0, 0.1) is 0 Å². The molecule has 8 nitrogen and oxygen atoms in total. The third-order valence-electron chi connectivity index (χ3n) is 3.80. The van der Waals surface area contributed by atoms with Gasteiger partial charge < -0.3 is 19.3 Å². The molecule has 0 fully saturated rings. The minimum Gasteiger partial charge on any atom is -0.491 e. The molecule has 0 atom stereocenters. The smallest absolute Gasteiger partial charge is 0.329 e. The summed E-state index contributed by atoms with van der Waals surface area (Å²) in [6.07, 6.45) is 0. The lowest BCUT2D eigenvalue weighted by molar-refractivity contribution is -0.142. The Morgan fingerprint density at radius 1 is 0.923 bits per heavy atom. The van der Waals surface area contributed by atoms with Gasteiger partial charge >= 0.3 is 5.97 Å². The number of aliphatic carboxylic acids is 1. The lowest BCUT2D eigenvalue weighted by Gasteiger charge is -2.15. The van der Waals surface area contributed by atoms with Crippen LogP contribution in [-0.4, -0.2) is 55.9 Å². The molecular formula is C18H21NO7. The van der Waals surface area contributed by atoms with Crippen molar-refractivity contribution < 1.29 is 33.7 Å². The monoisotopic (exact) mass is 363 g/mol. The van der Waals surface area contributed by atoms with Crippen LogP contribution in [0.1, 0.15) is 13.8 Å². The number of rotatable bonds is 10. The molecule has 0 aromatic heterocycles. The molecule has 1 aromatic carbocycles. The number of carboxylic acid groups (broad SMARTS) is 1. The molecule has 0 bridgehead atoms. The second kappa shape index (κ2) is 9.12. The zero-order valence-electron chi connectivity index (χ0n) is 14.7. The van der Waals surface area contributed by atoms with E-state index in [1.54, 1.807) is 38.1 Å². The summed E-state index contributed by atoms with van der Waals surface area (Å²) < 4.78 is 15.6. The topological polar surface area (TPSA) is 102 Å². The zero-order chi connectivity index (χ0) is 19.1. The van der Waals surface area contributed by atoms with E-state index >= 15 is 0 Å². The van der Waals surface area contributed by atoms with Crippen molar-refractivity contribution in [2.45, 2.75) is 13.8 Å². The van der Waals surface area contributed by atoms with E-state index in [-0.39, 0.29) is 31.6 Å². The number of nitrogens with zero attached hydrogens (tertiary/aromatic N) is 1. The molecule has 1 aliphatic heterocycles. The Labute approximate surface area is 150 Å². The minimum absolute atomic E-state index is 0.200. The molecule has 26 heavy (non-hydrogen) atoms. The molecule has 140 valence electrons. The first-order valence-corrected chi connectivity index (χ1v) is 8.08. The van der Waals surface area contributed by atoms with Crippen LogP contribution >= 0.6 is 0 Å². The lowest BCUT2D eigenvalue weighted by Crippen LogP contribution is -2.31. The Balaban J connectivity index is 1.73. The number of carbonyl (C=O) groups is 3. The summed E-state index contributed by atoms with van der Waals surface area (Å²) >= 11 is 0. The predicted molar refractivity (Wildman–Crippen MR) is 92.1 cm³/mol. The van der Waals surface area contributed by atoms with Gasteiger partial charge in [0.05, 0.1) is 25.5 Å². The van der Waals surface area contributed by atoms with Crippen LogP contribution in [-0.2, 0) is 23.9 Å². The largest absolute Gasteiger partial charge is 0.491 e. The molecule has 0 radical (unpaired) electrons. The lowest BCUT2D eigenvalue weighted by atomic mass is 10.2. The number of amides is 2. The van der Waals surface area contributed by atoms with Gasteiger partial charge in [0.1, 0.15) is 19.0 Å². The maximum atomic E-state index is 12.1. The average molecular weight is 363 g/mol. The van der Waals surface area contributed by atoms with E-state index in [4.69, 9.17) is 19.3 Å². The molecule has 0 aliphatic carbocycles. The van der Waals surface area contributed by atoms with Gasteiger partial charge in [0.25, 0.3) is 11.8 Å². The molecule has 0 saturated heterocycles. The summed E-state index contributed by atoms with van der Waals surface area (Å²) in [7, 11) is 0. The van der Waals surface area contributed by atoms with Crippen molar-refractivity contribution in [3.63, 3.8) is 0 Å². The van der Waals surface area contributed by atoms with Crippen molar-refractivity contribution in [2.75, 3.05) is 37.9 Å². The van der Waals surface area contributed by atoms with Gasteiger partial charge in [-0.1, -0.05) is 0 Å². The van der Waals surface area contributed by atoms with E-state index in [9.17, 15) is 14.4 Å². The molecule has 1 aromatic rings. The summed E-state index contributed by atoms with van der Waals surface area (Å²) in [5, 5.41) is 8.40. The summed E-state index contributed by atoms with van der Waals surface area (Å²) in [6, 6.07) is 6.65. The van der Waals surface area contributed by atoms with Gasteiger partial charge in [-0.2, -0.15) is 0 Å². The molecule has 2 amide bonds. The van der Waals surface area contributed by atoms with Crippen LogP contribution in [0.5, 0.6) is 5.75 Å². The van der Waals surface area contributed by atoms with Crippen molar-refractivity contribution in [3.8, 4) is 5.75 Å². The first-order chi connectivity index (χ1) is 12.4. The maximum Gasteiger partial charge on any atom is 0.329 e.